The van der Waals surface area contributed by atoms with Crippen LogP contribution in [-0.4, -0.2) is 5.11 Å². The first-order valence-corrected chi connectivity index (χ1v) is 5.05. The maximum Gasteiger partial charge on any atom is 0.0821 e. The van der Waals surface area contributed by atoms with E-state index in [1.165, 1.54) is 5.56 Å². The van der Waals surface area contributed by atoms with Gasteiger partial charge in [0.1, 0.15) is 0 Å². The van der Waals surface area contributed by atoms with Crippen molar-refractivity contribution >= 4 is 0 Å². The first-order valence-electron chi connectivity index (χ1n) is 5.05. The lowest BCUT2D eigenvalue weighted by Crippen LogP contribution is -2.00. The molecule has 2 rings (SSSR count). The molecule has 0 saturated carbocycles. The molecule has 0 fully saturated rings. The average Bonchev–Trinajstić information content (AvgIpc) is 2.47. The number of aliphatic hydroxyl groups excluding tert-OH is 1. The smallest absolute Gasteiger partial charge is 0.0821 e. The summed E-state index contributed by atoms with van der Waals surface area (Å²) in [5.41, 5.74) is 2.44. The first-order chi connectivity index (χ1) is 6.29. The molecule has 0 radical (unpaired) electrons. The lowest BCUT2D eigenvalue weighted by atomic mass is 10.1. The monoisotopic (exact) mass is 178 g/mol. The number of rotatable bonds is 0. The van der Waals surface area contributed by atoms with Gasteiger partial charge in [-0.2, -0.15) is 0 Å². The molecule has 1 aromatic rings. The van der Waals surface area contributed by atoms with Gasteiger partial charge in [-0.1, -0.05) is 45.0 Å². The van der Waals surface area contributed by atoms with Gasteiger partial charge in [0, 0.05) is 0 Å². The summed E-state index contributed by atoms with van der Waals surface area (Å²) < 4.78 is 0. The molecule has 1 nitrogen and oxygen atoms in total. The van der Waals surface area contributed by atoms with E-state index in [4.69, 9.17) is 0 Å². The maximum atomic E-state index is 9.65. The fraction of sp³-hybridized carbons (Fsp3) is 0.500. The van der Waals surface area contributed by atoms with Crippen LogP contribution < -0.4 is 0 Å². The molecule has 0 unspecified atom stereocenters. The predicted octanol–water partition coefficient (Wildman–Crippen LogP) is 2.94. The molecule has 1 aromatic carbocycles. The van der Waals surface area contributed by atoms with Crippen molar-refractivity contribution in [1.82, 2.24) is 0 Å². The van der Waals surface area contributed by atoms with E-state index in [-0.39, 0.29) is 6.10 Å². The Morgan fingerprint density at radius 1 is 1.23 bits per heavy atom. The van der Waals surface area contributed by atoms with Gasteiger partial charge in [0.25, 0.3) is 0 Å². The van der Waals surface area contributed by atoms with Crippen LogP contribution in [0.3, 0.4) is 0 Å². The third-order valence-corrected chi connectivity index (χ3v) is 2.45. The largest absolute Gasteiger partial charge is 0.388 e. The number of fused-ring (bicyclic) bond motifs is 1. The summed E-state index contributed by atoms with van der Waals surface area (Å²) in [6, 6.07) is 8.13. The van der Waals surface area contributed by atoms with Crippen LogP contribution in [0.15, 0.2) is 24.3 Å². The molecule has 0 heterocycles. The van der Waals surface area contributed by atoms with Crippen LogP contribution >= 0.6 is 0 Å². The third-order valence-electron chi connectivity index (χ3n) is 2.45. The summed E-state index contributed by atoms with van der Waals surface area (Å²) in [6.45, 7) is 6.09. The summed E-state index contributed by atoms with van der Waals surface area (Å²) in [5, 5.41) is 9.65. The van der Waals surface area contributed by atoms with Crippen molar-refractivity contribution in [3.8, 4) is 0 Å². The average molecular weight is 178 g/mol. The normalized spacial score (nSPS) is 24.6. The molecule has 1 aliphatic rings. The van der Waals surface area contributed by atoms with Gasteiger partial charge < -0.3 is 5.11 Å². The molecule has 0 aromatic heterocycles. The number of benzene rings is 1. The van der Waals surface area contributed by atoms with Gasteiger partial charge in [-0.15, -0.1) is 0 Å². The molecule has 0 bridgehead atoms. The SMILES string of the molecule is CC.C[C@H]1Cc2ccccc2[C@H]1O. The highest BCUT2D eigenvalue weighted by molar-refractivity contribution is 5.34. The van der Waals surface area contributed by atoms with E-state index in [2.05, 4.69) is 13.0 Å². The fourth-order valence-corrected chi connectivity index (χ4v) is 1.77. The van der Waals surface area contributed by atoms with Crippen LogP contribution in [0, 0.1) is 5.92 Å². The highest BCUT2D eigenvalue weighted by atomic mass is 16.3. The number of hydrogen-bond donors (Lipinski definition) is 1. The zero-order valence-electron chi connectivity index (χ0n) is 8.62. The second-order valence-corrected chi connectivity index (χ2v) is 3.33. The van der Waals surface area contributed by atoms with Gasteiger partial charge in [-0.25, -0.2) is 0 Å². The lowest BCUT2D eigenvalue weighted by molar-refractivity contribution is 0.133. The minimum absolute atomic E-state index is 0.230. The summed E-state index contributed by atoms with van der Waals surface area (Å²) in [7, 11) is 0. The fourth-order valence-electron chi connectivity index (χ4n) is 1.77. The lowest BCUT2D eigenvalue weighted by Gasteiger charge is -2.07. The molecule has 1 N–H and O–H groups in total. The summed E-state index contributed by atoms with van der Waals surface area (Å²) >= 11 is 0. The van der Waals surface area contributed by atoms with Crippen molar-refractivity contribution in [1.29, 1.82) is 0 Å². The second-order valence-electron chi connectivity index (χ2n) is 3.33. The van der Waals surface area contributed by atoms with E-state index in [0.29, 0.717) is 5.92 Å². The molecule has 0 spiro atoms. The van der Waals surface area contributed by atoms with E-state index < -0.39 is 0 Å². The van der Waals surface area contributed by atoms with Crippen LogP contribution in [0.2, 0.25) is 0 Å². The molecule has 0 amide bonds. The Balaban J connectivity index is 0.000000396. The van der Waals surface area contributed by atoms with E-state index >= 15 is 0 Å². The Bertz CT molecular complexity index is 268. The van der Waals surface area contributed by atoms with Crippen molar-refractivity contribution in [3.05, 3.63) is 35.4 Å². The first kappa shape index (κ1) is 10.3. The van der Waals surface area contributed by atoms with Crippen LogP contribution in [0.1, 0.15) is 38.0 Å². The summed E-state index contributed by atoms with van der Waals surface area (Å²) in [5.74, 6) is 0.396. The molecule has 72 valence electrons. The van der Waals surface area contributed by atoms with E-state index in [1.54, 1.807) is 0 Å². The maximum absolute atomic E-state index is 9.65. The number of hydrogen-bond acceptors (Lipinski definition) is 1. The van der Waals surface area contributed by atoms with Gasteiger partial charge in [-0.3, -0.25) is 0 Å². The quantitative estimate of drug-likeness (QED) is 0.647. The van der Waals surface area contributed by atoms with E-state index in [9.17, 15) is 5.11 Å². The van der Waals surface area contributed by atoms with Gasteiger partial charge in [0.15, 0.2) is 0 Å². The summed E-state index contributed by atoms with van der Waals surface area (Å²) in [6.07, 6.45) is 0.795. The molecular formula is C12H18O. The number of aliphatic hydroxyl groups is 1. The Morgan fingerprint density at radius 3 is 2.46 bits per heavy atom. The van der Waals surface area contributed by atoms with Crippen molar-refractivity contribution < 1.29 is 5.11 Å². The van der Waals surface area contributed by atoms with Gasteiger partial charge in [0.2, 0.25) is 0 Å². The highest BCUT2D eigenvalue weighted by Crippen LogP contribution is 2.34. The summed E-state index contributed by atoms with van der Waals surface area (Å²) in [4.78, 5) is 0. The highest BCUT2D eigenvalue weighted by Gasteiger charge is 2.26. The van der Waals surface area contributed by atoms with Crippen LogP contribution in [0.4, 0.5) is 0 Å². The zero-order valence-corrected chi connectivity index (χ0v) is 8.62. The second kappa shape index (κ2) is 4.43. The van der Waals surface area contributed by atoms with Crippen LogP contribution in [0.25, 0.3) is 0 Å². The molecule has 1 aliphatic carbocycles. The molecule has 1 heteroatoms. The van der Waals surface area contributed by atoms with Gasteiger partial charge in [-0.05, 0) is 23.5 Å². The van der Waals surface area contributed by atoms with Crippen molar-refractivity contribution in [2.45, 2.75) is 33.3 Å². The molecule has 0 saturated heterocycles. The molecular weight excluding hydrogens is 160 g/mol. The van der Waals surface area contributed by atoms with Crippen LogP contribution in [-0.2, 0) is 6.42 Å². The topological polar surface area (TPSA) is 20.2 Å². The Hall–Kier alpha value is -0.820. The Morgan fingerprint density at radius 2 is 1.85 bits per heavy atom. The van der Waals surface area contributed by atoms with E-state index in [1.807, 2.05) is 32.0 Å². The van der Waals surface area contributed by atoms with Crippen LogP contribution in [0.5, 0.6) is 0 Å². The van der Waals surface area contributed by atoms with E-state index in [0.717, 1.165) is 12.0 Å². The minimum atomic E-state index is -0.230. The van der Waals surface area contributed by atoms with Gasteiger partial charge in [0.05, 0.1) is 6.10 Å². The van der Waals surface area contributed by atoms with Gasteiger partial charge >= 0.3 is 0 Å². The third kappa shape index (κ3) is 1.92. The predicted molar refractivity (Wildman–Crippen MR) is 55.6 cm³/mol. The molecule has 0 aliphatic heterocycles. The molecule has 2 atom stereocenters. The van der Waals surface area contributed by atoms with Crippen molar-refractivity contribution in [3.63, 3.8) is 0 Å². The van der Waals surface area contributed by atoms with Crippen molar-refractivity contribution in [2.24, 2.45) is 5.92 Å². The zero-order chi connectivity index (χ0) is 9.84. The minimum Gasteiger partial charge on any atom is -0.388 e. The standard InChI is InChI=1S/C10H12O.C2H6/c1-7-6-8-4-2-3-5-9(8)10(7)11;1-2/h2-5,7,10-11H,6H2,1H3;1-2H3/t7-,10-;/m0./s1. The Kier molecular flexibility index (Phi) is 3.49. The molecule has 13 heavy (non-hydrogen) atoms. The van der Waals surface area contributed by atoms with Crippen molar-refractivity contribution in [2.75, 3.05) is 0 Å². The Labute approximate surface area is 80.4 Å².